The van der Waals surface area contributed by atoms with Gasteiger partial charge >= 0.3 is 0 Å². The van der Waals surface area contributed by atoms with Crippen molar-refractivity contribution in [1.29, 1.82) is 0 Å². The van der Waals surface area contributed by atoms with Crippen molar-refractivity contribution in [3.05, 3.63) is 58.8 Å². The number of sulfonamides is 1. The molecule has 0 heterocycles. The minimum atomic E-state index is -3.74. The summed E-state index contributed by atoms with van der Waals surface area (Å²) < 4.78 is 39.0. The molecule has 0 aliphatic rings. The van der Waals surface area contributed by atoms with Gasteiger partial charge < -0.3 is 5.32 Å². The first-order chi connectivity index (χ1) is 11.2. The van der Waals surface area contributed by atoms with Gasteiger partial charge in [0.05, 0.1) is 17.6 Å². The minimum Gasteiger partial charge on any atom is -0.323 e. The highest BCUT2D eigenvalue weighted by atomic mass is 79.9. The summed E-state index contributed by atoms with van der Waals surface area (Å²) in [7, 11) is -3.74. The molecule has 0 fully saturated rings. The van der Waals surface area contributed by atoms with Crippen molar-refractivity contribution in [1.82, 2.24) is 0 Å². The second-order valence-corrected chi connectivity index (χ2v) is 7.89. The molecule has 2 rings (SSSR count). The molecule has 24 heavy (non-hydrogen) atoms. The van der Waals surface area contributed by atoms with Crippen molar-refractivity contribution in [2.75, 3.05) is 15.9 Å². The van der Waals surface area contributed by atoms with E-state index in [9.17, 15) is 17.6 Å². The van der Waals surface area contributed by atoms with Crippen LogP contribution in [0.25, 0.3) is 0 Å². The number of nitrogens with one attached hydrogen (secondary N) is 1. The average molecular weight is 415 g/mol. The smallest absolute Gasteiger partial charge is 0.248 e. The lowest BCUT2D eigenvalue weighted by Crippen LogP contribution is -2.45. The Bertz CT molecular complexity index is 841. The van der Waals surface area contributed by atoms with Gasteiger partial charge in [0.2, 0.25) is 15.9 Å². The molecule has 0 unspecified atom stereocenters. The van der Waals surface area contributed by atoms with Crippen molar-refractivity contribution >= 4 is 43.2 Å². The first-order valence-corrected chi connectivity index (χ1v) is 9.64. The maximum absolute atomic E-state index is 13.1. The average Bonchev–Trinajstić information content (AvgIpc) is 2.50. The van der Waals surface area contributed by atoms with Crippen molar-refractivity contribution in [2.45, 2.75) is 13.0 Å². The van der Waals surface area contributed by atoms with Gasteiger partial charge in [-0.3, -0.25) is 9.10 Å². The summed E-state index contributed by atoms with van der Waals surface area (Å²) in [4.78, 5) is 12.5. The fourth-order valence-electron chi connectivity index (χ4n) is 2.20. The van der Waals surface area contributed by atoms with E-state index in [-0.39, 0.29) is 5.69 Å². The van der Waals surface area contributed by atoms with E-state index in [1.54, 1.807) is 24.3 Å². The number of hydrogen-bond acceptors (Lipinski definition) is 3. The van der Waals surface area contributed by atoms with Crippen molar-refractivity contribution in [2.24, 2.45) is 0 Å². The van der Waals surface area contributed by atoms with Crippen molar-refractivity contribution < 1.29 is 17.6 Å². The predicted molar refractivity (Wildman–Crippen MR) is 96.0 cm³/mol. The SMILES string of the molecule is C[C@@H](C(=O)Nc1ccccc1Br)N(c1ccc(F)cc1)S(C)(=O)=O. The van der Waals surface area contributed by atoms with Crippen LogP contribution in [0.1, 0.15) is 6.92 Å². The molecule has 0 bridgehead atoms. The van der Waals surface area contributed by atoms with E-state index in [0.29, 0.717) is 10.2 Å². The zero-order valence-corrected chi connectivity index (χ0v) is 15.4. The summed E-state index contributed by atoms with van der Waals surface area (Å²) in [6.45, 7) is 1.47. The van der Waals surface area contributed by atoms with Crippen LogP contribution >= 0.6 is 15.9 Å². The van der Waals surface area contributed by atoms with Gasteiger partial charge in [-0.15, -0.1) is 0 Å². The third-order valence-corrected chi connectivity index (χ3v) is 5.23. The van der Waals surface area contributed by atoms with Gasteiger partial charge in [0, 0.05) is 4.47 Å². The zero-order valence-electron chi connectivity index (χ0n) is 13.0. The molecule has 5 nitrogen and oxygen atoms in total. The van der Waals surface area contributed by atoms with Gasteiger partial charge in [0.15, 0.2) is 0 Å². The van der Waals surface area contributed by atoms with E-state index >= 15 is 0 Å². The molecule has 128 valence electrons. The Morgan fingerprint density at radius 3 is 2.29 bits per heavy atom. The highest BCUT2D eigenvalue weighted by Gasteiger charge is 2.29. The molecule has 1 atom stereocenters. The molecule has 0 radical (unpaired) electrons. The normalized spacial score (nSPS) is 12.5. The van der Waals surface area contributed by atoms with Gasteiger partial charge in [-0.1, -0.05) is 12.1 Å². The highest BCUT2D eigenvalue weighted by molar-refractivity contribution is 9.10. The summed E-state index contributed by atoms with van der Waals surface area (Å²) in [5.74, 6) is -0.992. The Morgan fingerprint density at radius 1 is 1.17 bits per heavy atom. The molecule has 0 saturated heterocycles. The number of amides is 1. The monoisotopic (exact) mass is 414 g/mol. The maximum Gasteiger partial charge on any atom is 0.248 e. The predicted octanol–water partition coefficient (Wildman–Crippen LogP) is 3.38. The van der Waals surface area contributed by atoms with Crippen LogP contribution in [0.5, 0.6) is 0 Å². The lowest BCUT2D eigenvalue weighted by molar-refractivity contribution is -0.116. The van der Waals surface area contributed by atoms with Crippen LogP contribution in [-0.4, -0.2) is 26.6 Å². The number of nitrogens with zero attached hydrogens (tertiary/aromatic N) is 1. The molecule has 0 aromatic heterocycles. The Labute approximate surface area is 148 Å². The van der Waals surface area contributed by atoms with Gasteiger partial charge in [0.25, 0.3) is 0 Å². The first kappa shape index (κ1) is 18.4. The molecule has 1 amide bonds. The summed E-state index contributed by atoms with van der Waals surface area (Å²) >= 11 is 3.32. The van der Waals surface area contributed by atoms with E-state index in [4.69, 9.17) is 0 Å². The summed E-state index contributed by atoms with van der Waals surface area (Å²) in [6.07, 6.45) is 0.999. The molecular weight excluding hydrogens is 399 g/mol. The first-order valence-electron chi connectivity index (χ1n) is 7.00. The Hall–Kier alpha value is -1.93. The summed E-state index contributed by atoms with van der Waals surface area (Å²) in [6, 6.07) is 10.9. The summed E-state index contributed by atoms with van der Waals surface area (Å²) in [5.41, 5.74) is 0.746. The number of carbonyl (C=O) groups is 1. The topological polar surface area (TPSA) is 66.5 Å². The van der Waals surface area contributed by atoms with Gasteiger partial charge in [-0.2, -0.15) is 0 Å². The molecule has 0 aliphatic heterocycles. The van der Waals surface area contributed by atoms with Gasteiger partial charge in [0.1, 0.15) is 11.9 Å². The number of anilines is 2. The van der Waals surface area contributed by atoms with Crippen LogP contribution in [0, 0.1) is 5.82 Å². The molecule has 0 saturated carbocycles. The zero-order chi connectivity index (χ0) is 17.9. The van der Waals surface area contributed by atoms with Crippen LogP contribution in [0.3, 0.4) is 0 Å². The molecule has 8 heteroatoms. The second kappa shape index (κ2) is 7.31. The van der Waals surface area contributed by atoms with Crippen LogP contribution < -0.4 is 9.62 Å². The van der Waals surface area contributed by atoms with Crippen LogP contribution in [0.4, 0.5) is 15.8 Å². The third-order valence-electron chi connectivity index (χ3n) is 3.30. The largest absolute Gasteiger partial charge is 0.323 e. The highest BCUT2D eigenvalue weighted by Crippen LogP contribution is 2.24. The van der Waals surface area contributed by atoms with Gasteiger partial charge in [-0.05, 0) is 59.3 Å². The quantitative estimate of drug-likeness (QED) is 0.815. The van der Waals surface area contributed by atoms with Crippen molar-refractivity contribution in [3.63, 3.8) is 0 Å². The fourth-order valence-corrected chi connectivity index (χ4v) is 3.76. The third kappa shape index (κ3) is 4.33. The number of rotatable bonds is 5. The van der Waals surface area contributed by atoms with Crippen LogP contribution in [0.15, 0.2) is 53.0 Å². The van der Waals surface area contributed by atoms with E-state index in [0.717, 1.165) is 22.7 Å². The number of para-hydroxylation sites is 1. The van der Waals surface area contributed by atoms with E-state index in [1.807, 2.05) is 0 Å². The maximum atomic E-state index is 13.1. The molecule has 2 aromatic rings. The van der Waals surface area contributed by atoms with E-state index < -0.39 is 27.8 Å². The standard InChI is InChI=1S/C16H16BrFN2O3S/c1-11(16(21)19-15-6-4-3-5-14(15)17)20(24(2,22)23)13-9-7-12(18)8-10-13/h3-11H,1-2H3,(H,19,21)/t11-/m0/s1. The van der Waals surface area contributed by atoms with E-state index in [1.165, 1.54) is 19.1 Å². The Morgan fingerprint density at radius 2 is 1.75 bits per heavy atom. The second-order valence-electron chi connectivity index (χ2n) is 5.18. The fraction of sp³-hybridized carbons (Fsp3) is 0.188. The number of halogens is 2. The van der Waals surface area contributed by atoms with Gasteiger partial charge in [-0.25, -0.2) is 12.8 Å². The number of carbonyl (C=O) groups excluding carboxylic acids is 1. The molecule has 1 N–H and O–H groups in total. The van der Waals surface area contributed by atoms with Crippen LogP contribution in [0.2, 0.25) is 0 Å². The van der Waals surface area contributed by atoms with E-state index in [2.05, 4.69) is 21.2 Å². The molecule has 0 spiro atoms. The molecule has 2 aromatic carbocycles. The lowest BCUT2D eigenvalue weighted by Gasteiger charge is -2.28. The minimum absolute atomic E-state index is 0.216. The number of hydrogen-bond donors (Lipinski definition) is 1. The summed E-state index contributed by atoms with van der Waals surface area (Å²) in [5, 5.41) is 2.68. The number of benzene rings is 2. The Balaban J connectivity index is 2.31. The van der Waals surface area contributed by atoms with Crippen LogP contribution in [-0.2, 0) is 14.8 Å². The lowest BCUT2D eigenvalue weighted by atomic mass is 10.2. The Kier molecular flexibility index (Phi) is 5.61. The molecule has 0 aliphatic carbocycles. The molecular formula is C16H16BrFN2O3S. The van der Waals surface area contributed by atoms with Crippen molar-refractivity contribution in [3.8, 4) is 0 Å².